The van der Waals surface area contributed by atoms with Crippen molar-refractivity contribution in [3.8, 4) is 0 Å². The molecule has 2 rings (SSSR count). The first-order chi connectivity index (χ1) is 10.6. The van der Waals surface area contributed by atoms with Gasteiger partial charge in [-0.25, -0.2) is 0 Å². The van der Waals surface area contributed by atoms with E-state index in [1.54, 1.807) is 0 Å². The second-order valence-electron chi connectivity index (χ2n) is 5.59. The monoisotopic (exact) mass is 297 g/mol. The lowest BCUT2D eigenvalue weighted by Crippen LogP contribution is -2.40. The van der Waals surface area contributed by atoms with Crippen LogP contribution in [-0.4, -0.2) is 35.0 Å². The third-order valence-electron chi connectivity index (χ3n) is 3.88. The van der Waals surface area contributed by atoms with Crippen molar-refractivity contribution in [2.24, 2.45) is 0 Å². The summed E-state index contributed by atoms with van der Waals surface area (Å²) in [7, 11) is 0. The average molecular weight is 297 g/mol. The molecule has 0 saturated heterocycles. The first-order valence-corrected chi connectivity index (χ1v) is 7.61. The Hall–Kier alpha value is -1.97. The maximum atomic E-state index is 12.6. The Morgan fingerprint density at radius 2 is 1.73 bits per heavy atom. The second-order valence-corrected chi connectivity index (χ2v) is 5.59. The highest BCUT2D eigenvalue weighted by Gasteiger charge is 2.22. The molecule has 0 aliphatic heterocycles. The number of aliphatic hydroxyl groups excluding tert-OH is 1. The summed E-state index contributed by atoms with van der Waals surface area (Å²) in [6.07, 6.45) is 0. The Morgan fingerprint density at radius 3 is 2.32 bits per heavy atom. The summed E-state index contributed by atoms with van der Waals surface area (Å²) in [6.45, 7) is 5.08. The number of nitrogens with zero attached hydrogens (tertiary/aromatic N) is 1. The summed E-state index contributed by atoms with van der Waals surface area (Å²) in [5.41, 5.74) is 2.99. The van der Waals surface area contributed by atoms with Gasteiger partial charge in [-0.05, 0) is 19.4 Å². The number of ketones is 1. The number of hydrogen-bond donors (Lipinski definition) is 1. The predicted molar refractivity (Wildman–Crippen MR) is 88.9 cm³/mol. The largest absolute Gasteiger partial charge is 0.395 e. The van der Waals surface area contributed by atoms with Gasteiger partial charge in [0.2, 0.25) is 0 Å². The molecule has 0 aliphatic carbocycles. The number of rotatable bonds is 7. The Morgan fingerprint density at radius 1 is 1.09 bits per heavy atom. The quantitative estimate of drug-likeness (QED) is 0.799. The number of aryl methyl sites for hydroxylation is 1. The van der Waals surface area contributed by atoms with Gasteiger partial charge >= 0.3 is 0 Å². The summed E-state index contributed by atoms with van der Waals surface area (Å²) < 4.78 is 0. The molecule has 1 unspecified atom stereocenters. The Balaban J connectivity index is 2.13. The van der Waals surface area contributed by atoms with Gasteiger partial charge in [0.1, 0.15) is 0 Å². The van der Waals surface area contributed by atoms with E-state index in [0.717, 1.165) is 11.1 Å². The van der Waals surface area contributed by atoms with Crippen molar-refractivity contribution >= 4 is 5.78 Å². The number of Topliss-reactive ketones (excluding diaryl/α,β-unsaturated/α-hetero) is 1. The van der Waals surface area contributed by atoms with Crippen LogP contribution in [0.2, 0.25) is 0 Å². The lowest BCUT2D eigenvalue weighted by atomic mass is 10.0. The minimum atomic E-state index is -0.268. The summed E-state index contributed by atoms with van der Waals surface area (Å²) in [5, 5.41) is 9.30. The second kappa shape index (κ2) is 7.87. The molecule has 0 aromatic heterocycles. The highest BCUT2D eigenvalue weighted by molar-refractivity contribution is 5.99. The van der Waals surface area contributed by atoms with Crippen molar-refractivity contribution in [2.45, 2.75) is 26.4 Å². The van der Waals surface area contributed by atoms with Crippen LogP contribution in [0, 0.1) is 6.92 Å². The molecule has 0 amide bonds. The third-order valence-corrected chi connectivity index (χ3v) is 3.88. The highest BCUT2D eigenvalue weighted by Crippen LogP contribution is 2.13. The first kappa shape index (κ1) is 16.4. The van der Waals surface area contributed by atoms with Crippen LogP contribution in [0.1, 0.15) is 28.4 Å². The zero-order chi connectivity index (χ0) is 15.9. The molecular formula is C19H23NO2. The molecule has 0 heterocycles. The fourth-order valence-electron chi connectivity index (χ4n) is 2.48. The molecule has 3 nitrogen and oxygen atoms in total. The number of hydrogen-bond acceptors (Lipinski definition) is 3. The van der Waals surface area contributed by atoms with E-state index in [-0.39, 0.29) is 18.4 Å². The van der Waals surface area contributed by atoms with Gasteiger partial charge in [0.25, 0.3) is 0 Å². The molecule has 1 N–H and O–H groups in total. The van der Waals surface area contributed by atoms with Crippen LogP contribution in [0.5, 0.6) is 0 Å². The summed E-state index contributed by atoms with van der Waals surface area (Å²) in [4.78, 5) is 14.7. The van der Waals surface area contributed by atoms with Gasteiger partial charge in [0, 0.05) is 18.7 Å². The summed E-state index contributed by atoms with van der Waals surface area (Å²) in [5.74, 6) is 0.0874. The van der Waals surface area contributed by atoms with Crippen LogP contribution in [0.25, 0.3) is 0 Å². The topological polar surface area (TPSA) is 40.5 Å². The van der Waals surface area contributed by atoms with E-state index < -0.39 is 0 Å². The molecule has 0 aliphatic rings. The molecule has 0 saturated carbocycles. The van der Waals surface area contributed by atoms with Crippen molar-refractivity contribution in [1.29, 1.82) is 0 Å². The zero-order valence-electron chi connectivity index (χ0n) is 13.2. The molecule has 2 aromatic carbocycles. The standard InChI is InChI=1S/C19H23NO2/c1-15-8-10-18(11-9-15)19(22)16(2)20(12-13-21)14-17-6-4-3-5-7-17/h3-11,16,21H,12-14H2,1-2H3. The van der Waals surface area contributed by atoms with E-state index in [2.05, 4.69) is 0 Å². The van der Waals surface area contributed by atoms with Gasteiger partial charge in [-0.15, -0.1) is 0 Å². The smallest absolute Gasteiger partial charge is 0.179 e. The van der Waals surface area contributed by atoms with Crippen LogP contribution in [-0.2, 0) is 6.54 Å². The van der Waals surface area contributed by atoms with Gasteiger partial charge in [-0.1, -0.05) is 60.2 Å². The van der Waals surface area contributed by atoms with Crippen molar-refractivity contribution in [3.63, 3.8) is 0 Å². The van der Waals surface area contributed by atoms with E-state index in [1.807, 2.05) is 73.3 Å². The van der Waals surface area contributed by atoms with Crippen LogP contribution in [0.4, 0.5) is 0 Å². The molecule has 0 bridgehead atoms. The number of carbonyl (C=O) groups excluding carboxylic acids is 1. The van der Waals surface area contributed by atoms with Gasteiger partial charge in [0.05, 0.1) is 12.6 Å². The van der Waals surface area contributed by atoms with E-state index >= 15 is 0 Å². The number of aliphatic hydroxyl groups is 1. The molecule has 0 spiro atoms. The molecule has 2 aromatic rings. The first-order valence-electron chi connectivity index (χ1n) is 7.61. The average Bonchev–Trinajstić information content (AvgIpc) is 2.55. The summed E-state index contributed by atoms with van der Waals surface area (Å²) >= 11 is 0. The van der Waals surface area contributed by atoms with Crippen LogP contribution >= 0.6 is 0 Å². The molecule has 0 fully saturated rings. The van der Waals surface area contributed by atoms with Crippen molar-refractivity contribution in [3.05, 3.63) is 71.3 Å². The normalized spacial score (nSPS) is 12.4. The minimum Gasteiger partial charge on any atom is -0.395 e. The number of carbonyl (C=O) groups is 1. The maximum Gasteiger partial charge on any atom is 0.179 e. The molecule has 116 valence electrons. The fourth-order valence-corrected chi connectivity index (χ4v) is 2.48. The summed E-state index contributed by atoms with van der Waals surface area (Å²) in [6, 6.07) is 17.4. The molecular weight excluding hydrogens is 274 g/mol. The Bertz CT molecular complexity index is 593. The molecule has 0 radical (unpaired) electrons. The van der Waals surface area contributed by atoms with Crippen molar-refractivity contribution in [2.75, 3.05) is 13.2 Å². The van der Waals surface area contributed by atoms with Crippen LogP contribution < -0.4 is 0 Å². The van der Waals surface area contributed by atoms with E-state index in [0.29, 0.717) is 18.7 Å². The van der Waals surface area contributed by atoms with E-state index in [1.165, 1.54) is 0 Å². The lowest BCUT2D eigenvalue weighted by Gasteiger charge is -2.27. The molecule has 1 atom stereocenters. The minimum absolute atomic E-state index is 0.0400. The van der Waals surface area contributed by atoms with Crippen LogP contribution in [0.15, 0.2) is 54.6 Å². The lowest BCUT2D eigenvalue weighted by molar-refractivity contribution is 0.0794. The highest BCUT2D eigenvalue weighted by atomic mass is 16.3. The predicted octanol–water partition coefficient (Wildman–Crippen LogP) is 3.06. The SMILES string of the molecule is Cc1ccc(C(=O)C(C)N(CCO)Cc2ccccc2)cc1. The van der Waals surface area contributed by atoms with Crippen LogP contribution in [0.3, 0.4) is 0 Å². The van der Waals surface area contributed by atoms with E-state index in [9.17, 15) is 9.90 Å². The zero-order valence-corrected chi connectivity index (χ0v) is 13.2. The Kier molecular flexibility index (Phi) is 5.87. The van der Waals surface area contributed by atoms with Crippen molar-refractivity contribution in [1.82, 2.24) is 4.90 Å². The third kappa shape index (κ3) is 4.26. The number of benzene rings is 2. The van der Waals surface area contributed by atoms with Crippen molar-refractivity contribution < 1.29 is 9.90 Å². The van der Waals surface area contributed by atoms with Gasteiger partial charge < -0.3 is 5.11 Å². The van der Waals surface area contributed by atoms with Gasteiger partial charge in [0.15, 0.2) is 5.78 Å². The molecule has 22 heavy (non-hydrogen) atoms. The van der Waals surface area contributed by atoms with E-state index in [4.69, 9.17) is 0 Å². The fraction of sp³-hybridized carbons (Fsp3) is 0.316. The molecule has 3 heteroatoms. The Labute approximate surface area is 132 Å². The maximum absolute atomic E-state index is 12.6. The van der Waals surface area contributed by atoms with Gasteiger partial charge in [-0.2, -0.15) is 0 Å². The van der Waals surface area contributed by atoms with Gasteiger partial charge in [-0.3, -0.25) is 9.69 Å².